The molecule has 3 heteroatoms. The third-order valence-corrected chi connectivity index (χ3v) is 7.76. The SMILES string of the molecule is CCCC(O)(CCC)C1=CC(CC)(CC)[C@H]2c3c(c4ccccc4n31)CCN2C. The zero-order chi connectivity index (χ0) is 20.8. The highest BCUT2D eigenvalue weighted by atomic mass is 16.3. The first-order valence-corrected chi connectivity index (χ1v) is 11.7. The Hall–Kier alpha value is -1.58. The summed E-state index contributed by atoms with van der Waals surface area (Å²) in [6.07, 6.45) is 9.39. The van der Waals surface area contributed by atoms with Crippen LogP contribution in [0.25, 0.3) is 16.6 Å². The van der Waals surface area contributed by atoms with Gasteiger partial charge < -0.3 is 9.67 Å². The fraction of sp³-hybridized carbons (Fsp3) is 0.615. The summed E-state index contributed by atoms with van der Waals surface area (Å²) in [6.45, 7) is 10.1. The molecular weight excluding hydrogens is 356 g/mol. The van der Waals surface area contributed by atoms with Gasteiger partial charge in [0.15, 0.2) is 0 Å². The van der Waals surface area contributed by atoms with Crippen molar-refractivity contribution in [3.8, 4) is 0 Å². The van der Waals surface area contributed by atoms with E-state index in [1.165, 1.54) is 22.2 Å². The predicted octanol–water partition coefficient (Wildman–Crippen LogP) is 6.16. The number of para-hydroxylation sites is 1. The van der Waals surface area contributed by atoms with E-state index in [0.717, 1.165) is 57.2 Å². The quantitative estimate of drug-likeness (QED) is 0.609. The van der Waals surface area contributed by atoms with Gasteiger partial charge in [0.1, 0.15) is 5.60 Å². The first-order chi connectivity index (χ1) is 14.0. The second-order valence-electron chi connectivity index (χ2n) is 9.35. The number of hydrogen-bond donors (Lipinski definition) is 1. The van der Waals surface area contributed by atoms with Crippen LogP contribution in [0.2, 0.25) is 0 Å². The van der Waals surface area contributed by atoms with Crippen LogP contribution in [0.4, 0.5) is 0 Å². The molecule has 2 aliphatic heterocycles. The summed E-state index contributed by atoms with van der Waals surface area (Å²) in [5.74, 6) is 0. The molecule has 0 saturated carbocycles. The van der Waals surface area contributed by atoms with Gasteiger partial charge in [0.25, 0.3) is 0 Å². The van der Waals surface area contributed by atoms with Crippen molar-refractivity contribution in [1.29, 1.82) is 0 Å². The van der Waals surface area contributed by atoms with Gasteiger partial charge in [0, 0.05) is 23.0 Å². The number of hydrogen-bond acceptors (Lipinski definition) is 2. The number of likely N-dealkylation sites (N-methyl/N-ethyl adjacent to an activating group) is 1. The van der Waals surface area contributed by atoms with E-state index in [0.29, 0.717) is 6.04 Å². The number of nitrogens with zero attached hydrogens (tertiary/aromatic N) is 2. The van der Waals surface area contributed by atoms with Gasteiger partial charge in [0.2, 0.25) is 0 Å². The van der Waals surface area contributed by atoms with Gasteiger partial charge >= 0.3 is 0 Å². The Bertz CT molecular complexity index is 912. The Kier molecular flexibility index (Phi) is 5.41. The lowest BCUT2D eigenvalue weighted by molar-refractivity contribution is 0.0593. The van der Waals surface area contributed by atoms with E-state index in [-0.39, 0.29) is 5.41 Å². The van der Waals surface area contributed by atoms with Crippen molar-refractivity contribution in [2.75, 3.05) is 13.6 Å². The molecule has 3 heterocycles. The molecule has 158 valence electrons. The summed E-state index contributed by atoms with van der Waals surface area (Å²) in [5, 5.41) is 13.4. The van der Waals surface area contributed by atoms with Gasteiger partial charge in [-0.3, -0.25) is 4.90 Å². The van der Waals surface area contributed by atoms with Gasteiger partial charge in [0.05, 0.1) is 17.3 Å². The van der Waals surface area contributed by atoms with Crippen LogP contribution in [-0.2, 0) is 6.42 Å². The van der Waals surface area contributed by atoms with E-state index in [1.807, 2.05) is 0 Å². The molecule has 1 N–H and O–H groups in total. The fourth-order valence-electron chi connectivity index (χ4n) is 6.28. The Morgan fingerprint density at radius 3 is 2.34 bits per heavy atom. The minimum absolute atomic E-state index is 0.0685. The van der Waals surface area contributed by atoms with Crippen LogP contribution in [0, 0.1) is 5.41 Å². The lowest BCUT2D eigenvalue weighted by Crippen LogP contribution is -2.47. The Morgan fingerprint density at radius 1 is 1.07 bits per heavy atom. The van der Waals surface area contributed by atoms with Gasteiger partial charge in [-0.25, -0.2) is 0 Å². The molecule has 0 aliphatic carbocycles. The molecule has 0 fully saturated rings. The molecule has 0 amide bonds. The van der Waals surface area contributed by atoms with Crippen LogP contribution in [0.5, 0.6) is 0 Å². The average Bonchev–Trinajstić information content (AvgIpc) is 3.06. The predicted molar refractivity (Wildman–Crippen MR) is 123 cm³/mol. The van der Waals surface area contributed by atoms with Crippen molar-refractivity contribution >= 4 is 16.6 Å². The van der Waals surface area contributed by atoms with Crippen molar-refractivity contribution in [3.63, 3.8) is 0 Å². The number of benzene rings is 1. The molecule has 4 rings (SSSR count). The molecule has 2 aliphatic rings. The fourth-order valence-corrected chi connectivity index (χ4v) is 6.28. The van der Waals surface area contributed by atoms with Crippen molar-refractivity contribution in [3.05, 3.63) is 41.6 Å². The molecule has 2 aromatic rings. The molecule has 1 atom stereocenters. The summed E-state index contributed by atoms with van der Waals surface area (Å²) in [6, 6.07) is 9.23. The van der Waals surface area contributed by atoms with E-state index in [4.69, 9.17) is 0 Å². The molecule has 1 aromatic carbocycles. The second-order valence-corrected chi connectivity index (χ2v) is 9.35. The van der Waals surface area contributed by atoms with E-state index in [1.54, 1.807) is 0 Å². The van der Waals surface area contributed by atoms with Crippen LogP contribution in [0.1, 0.15) is 83.5 Å². The summed E-state index contributed by atoms with van der Waals surface area (Å²) in [5.41, 5.74) is 4.68. The second kappa shape index (κ2) is 7.59. The Balaban J connectivity index is 2.09. The van der Waals surface area contributed by atoms with Crippen molar-refractivity contribution < 1.29 is 5.11 Å². The molecule has 0 spiro atoms. The van der Waals surface area contributed by atoms with Gasteiger partial charge in [-0.2, -0.15) is 0 Å². The molecular formula is C26H38N2O. The maximum Gasteiger partial charge on any atom is 0.105 e. The number of aromatic nitrogens is 1. The highest BCUT2D eigenvalue weighted by Crippen LogP contribution is 2.56. The van der Waals surface area contributed by atoms with Crippen LogP contribution in [0.3, 0.4) is 0 Å². The zero-order valence-electron chi connectivity index (χ0n) is 19.0. The smallest absolute Gasteiger partial charge is 0.105 e. The molecule has 0 radical (unpaired) electrons. The van der Waals surface area contributed by atoms with Crippen LogP contribution < -0.4 is 0 Å². The van der Waals surface area contributed by atoms with Crippen LogP contribution in [0.15, 0.2) is 30.3 Å². The van der Waals surface area contributed by atoms with Crippen LogP contribution >= 0.6 is 0 Å². The third kappa shape index (κ3) is 2.92. The largest absolute Gasteiger partial charge is 0.384 e. The maximum absolute atomic E-state index is 12.0. The first-order valence-electron chi connectivity index (χ1n) is 11.7. The summed E-state index contributed by atoms with van der Waals surface area (Å²) < 4.78 is 2.47. The maximum atomic E-state index is 12.0. The van der Waals surface area contributed by atoms with E-state index in [2.05, 4.69) is 74.6 Å². The summed E-state index contributed by atoms with van der Waals surface area (Å²) in [7, 11) is 2.29. The molecule has 0 bridgehead atoms. The third-order valence-electron chi connectivity index (χ3n) is 7.76. The Morgan fingerprint density at radius 2 is 1.72 bits per heavy atom. The van der Waals surface area contributed by atoms with Gasteiger partial charge in [-0.1, -0.05) is 64.8 Å². The van der Waals surface area contributed by atoms with E-state index >= 15 is 0 Å². The lowest BCUT2D eigenvalue weighted by atomic mass is 9.67. The number of aliphatic hydroxyl groups is 1. The van der Waals surface area contributed by atoms with E-state index < -0.39 is 5.60 Å². The first kappa shape index (κ1) is 20.7. The highest BCUT2D eigenvalue weighted by Gasteiger charge is 2.49. The molecule has 0 unspecified atom stereocenters. The topological polar surface area (TPSA) is 28.4 Å². The standard InChI is InChI=1S/C26H38N2O/c1-6-15-26(29,16-7-2)22-18-25(8-3,9-4)24-23-20(14-17-27(24)5)19-12-10-11-13-21(19)28(22)23/h10-13,18,24,29H,6-9,14-17H2,1-5H3/t24-/m1/s1. The number of rotatable bonds is 7. The van der Waals surface area contributed by atoms with Crippen molar-refractivity contribution in [2.24, 2.45) is 5.41 Å². The van der Waals surface area contributed by atoms with Gasteiger partial charge in [-0.05, 0) is 50.8 Å². The minimum Gasteiger partial charge on any atom is -0.384 e. The average molecular weight is 395 g/mol. The summed E-state index contributed by atoms with van der Waals surface area (Å²) >= 11 is 0. The zero-order valence-corrected chi connectivity index (χ0v) is 19.0. The summed E-state index contributed by atoms with van der Waals surface area (Å²) in [4.78, 5) is 2.57. The van der Waals surface area contributed by atoms with Crippen molar-refractivity contribution in [1.82, 2.24) is 9.47 Å². The van der Waals surface area contributed by atoms with E-state index in [9.17, 15) is 5.11 Å². The molecule has 1 aromatic heterocycles. The van der Waals surface area contributed by atoms with Gasteiger partial charge in [-0.15, -0.1) is 0 Å². The molecule has 0 saturated heterocycles. The molecule has 29 heavy (non-hydrogen) atoms. The monoisotopic (exact) mass is 394 g/mol. The number of fused-ring (bicyclic) bond motifs is 3. The van der Waals surface area contributed by atoms with Crippen molar-refractivity contribution in [2.45, 2.75) is 84.3 Å². The highest BCUT2D eigenvalue weighted by molar-refractivity contribution is 5.90. The lowest BCUT2D eigenvalue weighted by Gasteiger charge is -2.51. The Labute approximate surface area is 176 Å². The normalized spacial score (nSPS) is 21.3. The minimum atomic E-state index is -0.768. The molecule has 3 nitrogen and oxygen atoms in total. The van der Waals surface area contributed by atoms with Crippen LogP contribution in [-0.4, -0.2) is 33.8 Å².